The van der Waals surface area contributed by atoms with Crippen LogP contribution in [-0.2, 0) is 0 Å². The van der Waals surface area contributed by atoms with Crippen LogP contribution in [0.5, 0.6) is 0 Å². The molecule has 0 aliphatic carbocycles. The molecule has 1 fully saturated rings. The molecule has 1 aliphatic rings. The number of rotatable bonds is 3. The van der Waals surface area contributed by atoms with Crippen LogP contribution in [0.1, 0.15) is 25.6 Å². The van der Waals surface area contributed by atoms with Gasteiger partial charge in [-0.05, 0) is 24.3 Å². The smallest absolute Gasteiger partial charge is 0.134 e. The van der Waals surface area contributed by atoms with Crippen molar-refractivity contribution in [3.8, 4) is 0 Å². The minimum absolute atomic E-state index is 0.0621. The molecule has 0 amide bonds. The van der Waals surface area contributed by atoms with Crippen molar-refractivity contribution in [2.45, 2.75) is 35.6 Å². The Bertz CT molecular complexity index is 633. The van der Waals surface area contributed by atoms with Gasteiger partial charge < -0.3 is 4.42 Å². The molecule has 1 aromatic heterocycles. The van der Waals surface area contributed by atoms with Crippen molar-refractivity contribution in [1.29, 1.82) is 0 Å². The fourth-order valence-electron chi connectivity index (χ4n) is 2.54. The minimum Gasteiger partial charge on any atom is -0.459 e. The number of nitrogens with one attached hydrogen (secondary N) is 1. The lowest BCUT2D eigenvalue weighted by Gasteiger charge is -2.34. The summed E-state index contributed by atoms with van der Waals surface area (Å²) in [7, 11) is 0. The predicted molar refractivity (Wildman–Crippen MR) is 89.0 cm³/mol. The van der Waals surface area contributed by atoms with Crippen LogP contribution in [0.4, 0.5) is 4.39 Å². The average Bonchev–Trinajstić information content (AvgIpc) is 2.86. The molecule has 0 radical (unpaired) electrons. The molecule has 1 aliphatic heterocycles. The molecule has 6 heteroatoms. The van der Waals surface area contributed by atoms with Gasteiger partial charge in [-0.2, -0.15) is 23.5 Å². The fourth-order valence-corrected chi connectivity index (χ4v) is 5.62. The van der Waals surface area contributed by atoms with Crippen LogP contribution in [-0.4, -0.2) is 21.5 Å². The Balaban J connectivity index is 1.87. The van der Waals surface area contributed by atoms with Crippen molar-refractivity contribution < 1.29 is 8.81 Å². The third kappa shape index (κ3) is 3.08. The Hall–Kier alpha value is -0.690. The van der Waals surface area contributed by atoms with Gasteiger partial charge in [0.2, 0.25) is 0 Å². The highest BCUT2D eigenvalue weighted by molar-refractivity contribution is 8.07. The lowest BCUT2D eigenvalue weighted by molar-refractivity contribution is 0.434. The van der Waals surface area contributed by atoms with Gasteiger partial charge in [0.25, 0.3) is 0 Å². The van der Waals surface area contributed by atoms with Crippen molar-refractivity contribution in [1.82, 2.24) is 5.43 Å². The minimum atomic E-state index is -0.253. The Morgan fingerprint density at radius 3 is 2.86 bits per heavy atom. The molecule has 114 valence electrons. The number of benzene rings is 1. The monoisotopic (exact) mass is 326 g/mol. The molecule has 1 saturated heterocycles. The topological polar surface area (TPSA) is 51.2 Å². The molecule has 3 nitrogen and oxygen atoms in total. The summed E-state index contributed by atoms with van der Waals surface area (Å²) in [5.41, 5.74) is 3.57. The highest BCUT2D eigenvalue weighted by Gasteiger charge is 2.33. The van der Waals surface area contributed by atoms with Crippen LogP contribution in [0.3, 0.4) is 0 Å². The molecule has 2 aromatic rings. The van der Waals surface area contributed by atoms with E-state index in [1.165, 1.54) is 12.1 Å². The van der Waals surface area contributed by atoms with E-state index in [-0.39, 0.29) is 11.9 Å². The van der Waals surface area contributed by atoms with E-state index in [1.807, 2.05) is 29.6 Å². The molecule has 1 aromatic carbocycles. The summed E-state index contributed by atoms with van der Waals surface area (Å²) in [5.74, 6) is 7.31. The number of furan rings is 1. The van der Waals surface area contributed by atoms with Crippen molar-refractivity contribution in [3.05, 3.63) is 35.8 Å². The highest BCUT2D eigenvalue weighted by atomic mass is 32.2. The van der Waals surface area contributed by atoms with Gasteiger partial charge in [0.1, 0.15) is 17.2 Å². The summed E-state index contributed by atoms with van der Waals surface area (Å²) in [6.45, 7) is 4.50. The Morgan fingerprint density at radius 1 is 1.33 bits per heavy atom. The number of hydrogen-bond acceptors (Lipinski definition) is 5. The van der Waals surface area contributed by atoms with E-state index in [4.69, 9.17) is 10.3 Å². The van der Waals surface area contributed by atoms with E-state index in [0.717, 1.165) is 16.9 Å². The highest BCUT2D eigenvalue weighted by Crippen LogP contribution is 2.41. The molecular weight excluding hydrogens is 307 g/mol. The van der Waals surface area contributed by atoms with Crippen LogP contribution in [0.25, 0.3) is 11.0 Å². The van der Waals surface area contributed by atoms with Gasteiger partial charge in [-0.1, -0.05) is 13.8 Å². The molecule has 0 bridgehead atoms. The van der Waals surface area contributed by atoms with Crippen molar-refractivity contribution >= 4 is 34.5 Å². The van der Waals surface area contributed by atoms with Gasteiger partial charge in [0.05, 0.1) is 6.04 Å². The third-order valence-corrected chi connectivity index (χ3v) is 7.42. The quantitative estimate of drug-likeness (QED) is 0.665. The molecule has 4 unspecified atom stereocenters. The van der Waals surface area contributed by atoms with Gasteiger partial charge in [0, 0.05) is 26.9 Å². The van der Waals surface area contributed by atoms with E-state index in [2.05, 4.69) is 19.3 Å². The number of fused-ring (bicyclic) bond motifs is 1. The summed E-state index contributed by atoms with van der Waals surface area (Å²) in [6, 6.07) is 6.39. The van der Waals surface area contributed by atoms with E-state index >= 15 is 0 Å². The van der Waals surface area contributed by atoms with Gasteiger partial charge >= 0.3 is 0 Å². The summed E-state index contributed by atoms with van der Waals surface area (Å²) in [5, 5.41) is 2.35. The first-order chi connectivity index (χ1) is 10.1. The van der Waals surface area contributed by atoms with Crippen LogP contribution in [0.2, 0.25) is 0 Å². The second-order valence-corrected chi connectivity index (χ2v) is 8.42. The van der Waals surface area contributed by atoms with Crippen molar-refractivity contribution in [3.63, 3.8) is 0 Å². The number of nitrogens with two attached hydrogens (primary N) is 1. The third-order valence-electron chi connectivity index (χ3n) is 3.93. The standard InChI is InChI=1S/C15H19FN2OS2/c1-8-9(2)21-14(7-20-8)15(18-17)13-6-10-5-11(16)3-4-12(10)19-13/h3-6,8-9,14-15,18H,7,17H2,1-2H3. The fraction of sp³-hybridized carbons (Fsp3) is 0.467. The molecule has 0 spiro atoms. The first-order valence-electron chi connectivity index (χ1n) is 7.00. The van der Waals surface area contributed by atoms with Crippen molar-refractivity contribution in [2.24, 2.45) is 5.84 Å². The predicted octanol–water partition coefficient (Wildman–Crippen LogP) is 3.70. The molecule has 0 saturated carbocycles. The van der Waals surface area contributed by atoms with Gasteiger partial charge in [-0.15, -0.1) is 0 Å². The number of hydrogen-bond donors (Lipinski definition) is 2. The number of thioether (sulfide) groups is 2. The van der Waals surface area contributed by atoms with E-state index < -0.39 is 0 Å². The zero-order valence-electron chi connectivity index (χ0n) is 12.0. The van der Waals surface area contributed by atoms with Gasteiger partial charge in [-0.3, -0.25) is 5.84 Å². The summed E-state index contributed by atoms with van der Waals surface area (Å²) < 4.78 is 19.1. The Morgan fingerprint density at radius 2 is 2.14 bits per heavy atom. The first-order valence-corrected chi connectivity index (χ1v) is 9.00. The first kappa shape index (κ1) is 15.2. The van der Waals surface area contributed by atoms with Crippen LogP contribution in [0, 0.1) is 5.82 Å². The number of hydrazine groups is 1. The number of halogens is 1. The van der Waals surface area contributed by atoms with Crippen LogP contribution < -0.4 is 11.3 Å². The average molecular weight is 326 g/mol. The Labute approximate surface area is 132 Å². The largest absolute Gasteiger partial charge is 0.459 e. The zero-order chi connectivity index (χ0) is 15.0. The maximum atomic E-state index is 13.3. The zero-order valence-corrected chi connectivity index (χ0v) is 13.6. The summed E-state index contributed by atoms with van der Waals surface area (Å²) >= 11 is 3.90. The molecule has 21 heavy (non-hydrogen) atoms. The van der Waals surface area contributed by atoms with Crippen LogP contribution in [0.15, 0.2) is 28.7 Å². The van der Waals surface area contributed by atoms with Crippen molar-refractivity contribution in [2.75, 3.05) is 5.75 Å². The molecule has 3 N–H and O–H groups in total. The SMILES string of the molecule is CC1SCC(C(NN)c2cc3cc(F)ccc3o2)SC1C. The second kappa shape index (κ2) is 6.20. The normalized spacial score (nSPS) is 27.9. The Kier molecular flexibility index (Phi) is 4.49. The molecule has 3 rings (SSSR count). The van der Waals surface area contributed by atoms with E-state index in [9.17, 15) is 4.39 Å². The maximum absolute atomic E-state index is 13.3. The summed E-state index contributed by atoms with van der Waals surface area (Å²) in [4.78, 5) is 0. The maximum Gasteiger partial charge on any atom is 0.134 e. The van der Waals surface area contributed by atoms with Gasteiger partial charge in [0.15, 0.2) is 0 Å². The summed E-state index contributed by atoms with van der Waals surface area (Å²) in [6.07, 6.45) is 0. The second-order valence-electron chi connectivity index (χ2n) is 5.39. The van der Waals surface area contributed by atoms with E-state index in [0.29, 0.717) is 21.3 Å². The molecule has 4 atom stereocenters. The lowest BCUT2D eigenvalue weighted by Crippen LogP contribution is -2.40. The lowest BCUT2D eigenvalue weighted by atomic mass is 10.1. The molecule has 2 heterocycles. The van der Waals surface area contributed by atoms with Gasteiger partial charge in [-0.25, -0.2) is 9.82 Å². The van der Waals surface area contributed by atoms with Crippen LogP contribution >= 0.6 is 23.5 Å². The molecular formula is C15H19FN2OS2. The van der Waals surface area contributed by atoms with E-state index in [1.54, 1.807) is 6.07 Å².